The van der Waals surface area contributed by atoms with E-state index in [-0.39, 0.29) is 5.69 Å². The summed E-state index contributed by atoms with van der Waals surface area (Å²) in [5.41, 5.74) is 0.773. The van der Waals surface area contributed by atoms with E-state index in [1.807, 2.05) is 0 Å². The highest BCUT2D eigenvalue weighted by molar-refractivity contribution is 6.31. The van der Waals surface area contributed by atoms with Crippen LogP contribution in [0, 0.1) is 19.7 Å². The predicted molar refractivity (Wildman–Crippen MR) is 65.3 cm³/mol. The Hall–Kier alpha value is -1.88. The number of aryl methyl sites for hydroxylation is 2. The molecule has 0 bridgehead atoms. The Morgan fingerprint density at radius 2 is 2.17 bits per heavy atom. The zero-order valence-electron chi connectivity index (χ0n) is 9.75. The van der Waals surface area contributed by atoms with Crippen LogP contribution in [0.1, 0.15) is 21.8 Å². The molecule has 0 aliphatic rings. The van der Waals surface area contributed by atoms with E-state index in [9.17, 15) is 9.18 Å². The normalized spacial score (nSPS) is 10.4. The molecular formula is C12H10ClFN2O2. The molecule has 1 heterocycles. The van der Waals surface area contributed by atoms with Gasteiger partial charge in [0.15, 0.2) is 0 Å². The van der Waals surface area contributed by atoms with Gasteiger partial charge in [0.05, 0.1) is 11.4 Å². The number of carbonyl (C=O) groups excluding carboxylic acids is 1. The second-order valence-electron chi connectivity index (χ2n) is 3.78. The third-order valence-electron chi connectivity index (χ3n) is 2.44. The molecule has 1 N–H and O–H groups in total. The summed E-state index contributed by atoms with van der Waals surface area (Å²) in [5.74, 6) is -0.653. The molecule has 0 aliphatic heterocycles. The second-order valence-corrected chi connectivity index (χ2v) is 4.21. The van der Waals surface area contributed by atoms with Crippen LogP contribution >= 0.6 is 11.6 Å². The quantitative estimate of drug-likeness (QED) is 0.909. The van der Waals surface area contributed by atoms with Gasteiger partial charge in [-0.3, -0.25) is 4.79 Å². The molecule has 2 aromatic rings. The summed E-state index contributed by atoms with van der Waals surface area (Å²) in [4.78, 5) is 12.0. The van der Waals surface area contributed by atoms with Crippen LogP contribution in [0.5, 0.6) is 0 Å². The summed E-state index contributed by atoms with van der Waals surface area (Å²) in [6.07, 6.45) is 0. The van der Waals surface area contributed by atoms with Gasteiger partial charge in [-0.25, -0.2) is 4.39 Å². The first-order chi connectivity index (χ1) is 8.49. The Bertz CT molecular complexity index is 591. The number of aromatic nitrogens is 1. The van der Waals surface area contributed by atoms with Crippen molar-refractivity contribution < 1.29 is 13.7 Å². The largest absolute Gasteiger partial charge is 0.361 e. The molecule has 1 amide bonds. The SMILES string of the molecule is Cc1noc(C)c1C(=O)Nc1cc(Cl)ccc1F. The molecule has 1 aromatic heterocycles. The first kappa shape index (κ1) is 12.6. The number of amides is 1. The van der Waals surface area contributed by atoms with Crippen molar-refractivity contribution in [2.24, 2.45) is 0 Å². The van der Waals surface area contributed by atoms with E-state index in [4.69, 9.17) is 16.1 Å². The maximum atomic E-state index is 13.5. The summed E-state index contributed by atoms with van der Waals surface area (Å²) in [7, 11) is 0. The van der Waals surface area contributed by atoms with Gasteiger partial charge in [-0.15, -0.1) is 0 Å². The Balaban J connectivity index is 2.30. The Kier molecular flexibility index (Phi) is 3.34. The number of nitrogens with one attached hydrogen (secondary N) is 1. The van der Waals surface area contributed by atoms with Gasteiger partial charge in [-0.05, 0) is 32.0 Å². The first-order valence-corrected chi connectivity index (χ1v) is 5.56. The van der Waals surface area contributed by atoms with Crippen molar-refractivity contribution in [3.05, 3.63) is 46.1 Å². The summed E-state index contributed by atoms with van der Waals surface area (Å²) in [5, 5.41) is 6.44. The Morgan fingerprint density at radius 1 is 1.44 bits per heavy atom. The van der Waals surface area contributed by atoms with E-state index in [2.05, 4.69) is 10.5 Å². The summed E-state index contributed by atoms with van der Waals surface area (Å²) in [6.45, 7) is 3.25. The Labute approximate surface area is 108 Å². The van der Waals surface area contributed by atoms with Crippen LogP contribution in [-0.4, -0.2) is 11.1 Å². The molecule has 4 nitrogen and oxygen atoms in total. The molecule has 0 fully saturated rings. The second kappa shape index (κ2) is 4.78. The van der Waals surface area contributed by atoms with E-state index >= 15 is 0 Å². The number of hydrogen-bond donors (Lipinski definition) is 1. The van der Waals surface area contributed by atoms with Crippen LogP contribution in [0.3, 0.4) is 0 Å². The van der Waals surface area contributed by atoms with Gasteiger partial charge in [-0.2, -0.15) is 0 Å². The zero-order valence-corrected chi connectivity index (χ0v) is 10.5. The van der Waals surface area contributed by atoms with Crippen LogP contribution in [0.4, 0.5) is 10.1 Å². The minimum absolute atomic E-state index is 0.0208. The lowest BCUT2D eigenvalue weighted by Crippen LogP contribution is -2.14. The molecule has 0 saturated heterocycles. The predicted octanol–water partition coefficient (Wildman–Crippen LogP) is 3.34. The average molecular weight is 269 g/mol. The number of benzene rings is 1. The molecule has 0 atom stereocenters. The lowest BCUT2D eigenvalue weighted by molar-refractivity contribution is 0.102. The monoisotopic (exact) mass is 268 g/mol. The van der Waals surface area contributed by atoms with Gasteiger partial charge in [0.1, 0.15) is 17.1 Å². The standard InChI is InChI=1S/C12H10ClFN2O2/c1-6-11(7(2)18-16-6)12(17)15-10-5-8(13)3-4-9(10)14/h3-5H,1-2H3,(H,15,17). The van der Waals surface area contributed by atoms with Crippen molar-refractivity contribution >= 4 is 23.2 Å². The van der Waals surface area contributed by atoms with Crippen molar-refractivity contribution in [3.8, 4) is 0 Å². The van der Waals surface area contributed by atoms with Gasteiger partial charge >= 0.3 is 0 Å². The molecule has 94 valence electrons. The fraction of sp³-hybridized carbons (Fsp3) is 0.167. The van der Waals surface area contributed by atoms with Crippen LogP contribution < -0.4 is 5.32 Å². The van der Waals surface area contributed by atoms with Crippen molar-refractivity contribution in [1.29, 1.82) is 0 Å². The highest BCUT2D eigenvalue weighted by Gasteiger charge is 2.18. The van der Waals surface area contributed by atoms with Gasteiger partial charge in [0.2, 0.25) is 0 Å². The van der Waals surface area contributed by atoms with E-state index in [1.54, 1.807) is 13.8 Å². The first-order valence-electron chi connectivity index (χ1n) is 5.18. The highest BCUT2D eigenvalue weighted by Crippen LogP contribution is 2.21. The van der Waals surface area contributed by atoms with E-state index in [1.165, 1.54) is 18.2 Å². The van der Waals surface area contributed by atoms with Crippen LogP contribution in [0.2, 0.25) is 5.02 Å². The number of carbonyl (C=O) groups is 1. The summed E-state index contributed by atoms with van der Waals surface area (Å²) < 4.78 is 18.3. The van der Waals surface area contributed by atoms with Gasteiger partial charge in [0, 0.05) is 5.02 Å². The zero-order chi connectivity index (χ0) is 13.3. The smallest absolute Gasteiger partial charge is 0.261 e. The summed E-state index contributed by atoms with van der Waals surface area (Å²) in [6, 6.07) is 3.93. The number of anilines is 1. The molecule has 0 radical (unpaired) electrons. The van der Waals surface area contributed by atoms with Crippen LogP contribution in [0.15, 0.2) is 22.7 Å². The molecule has 6 heteroatoms. The fourth-order valence-electron chi connectivity index (χ4n) is 1.59. The number of nitrogens with zero attached hydrogens (tertiary/aromatic N) is 1. The molecule has 0 spiro atoms. The van der Waals surface area contributed by atoms with Crippen molar-refractivity contribution in [3.63, 3.8) is 0 Å². The van der Waals surface area contributed by atoms with Gasteiger partial charge in [-0.1, -0.05) is 16.8 Å². The minimum Gasteiger partial charge on any atom is -0.361 e. The summed E-state index contributed by atoms with van der Waals surface area (Å²) >= 11 is 5.74. The average Bonchev–Trinajstić information content (AvgIpc) is 2.63. The maximum Gasteiger partial charge on any atom is 0.261 e. The van der Waals surface area contributed by atoms with Crippen LogP contribution in [-0.2, 0) is 0 Å². The highest BCUT2D eigenvalue weighted by atomic mass is 35.5. The number of hydrogen-bond acceptors (Lipinski definition) is 3. The number of halogens is 2. The molecule has 2 rings (SSSR count). The van der Waals surface area contributed by atoms with E-state index in [0.717, 1.165) is 0 Å². The van der Waals surface area contributed by atoms with E-state index < -0.39 is 11.7 Å². The molecule has 0 saturated carbocycles. The maximum absolute atomic E-state index is 13.5. The van der Waals surface area contributed by atoms with Crippen molar-refractivity contribution in [2.45, 2.75) is 13.8 Å². The number of rotatable bonds is 2. The third-order valence-corrected chi connectivity index (χ3v) is 2.67. The molecule has 0 aliphatic carbocycles. The molecule has 0 unspecified atom stereocenters. The van der Waals surface area contributed by atoms with Crippen molar-refractivity contribution in [1.82, 2.24) is 5.16 Å². The lowest BCUT2D eigenvalue weighted by Gasteiger charge is -2.06. The third kappa shape index (κ3) is 2.36. The fourth-order valence-corrected chi connectivity index (χ4v) is 1.76. The topological polar surface area (TPSA) is 55.1 Å². The van der Waals surface area contributed by atoms with E-state index in [0.29, 0.717) is 22.0 Å². The Morgan fingerprint density at radius 3 is 2.78 bits per heavy atom. The van der Waals surface area contributed by atoms with Gasteiger partial charge in [0.25, 0.3) is 5.91 Å². The van der Waals surface area contributed by atoms with Crippen LogP contribution in [0.25, 0.3) is 0 Å². The molecule has 1 aromatic carbocycles. The van der Waals surface area contributed by atoms with Gasteiger partial charge < -0.3 is 9.84 Å². The molecular weight excluding hydrogens is 259 g/mol. The minimum atomic E-state index is -0.556. The molecule has 18 heavy (non-hydrogen) atoms. The van der Waals surface area contributed by atoms with Crippen molar-refractivity contribution in [2.75, 3.05) is 5.32 Å². The lowest BCUT2D eigenvalue weighted by atomic mass is 10.2.